The van der Waals surface area contributed by atoms with Crippen molar-refractivity contribution in [1.29, 1.82) is 0 Å². The van der Waals surface area contributed by atoms with E-state index in [2.05, 4.69) is 106 Å². The molecule has 0 aliphatic carbocycles. The monoisotopic (exact) mass is 1350 g/mol. The van der Waals surface area contributed by atoms with E-state index in [9.17, 15) is 43.5 Å². The molecule has 0 fully saturated rings. The molecule has 93 heavy (non-hydrogen) atoms. The number of aliphatic hydroxyl groups is 2. The molecule has 18 heteroatoms. The van der Waals surface area contributed by atoms with Crippen LogP contribution in [-0.4, -0.2) is 95.9 Å². The van der Waals surface area contributed by atoms with Crippen LogP contribution in [0.2, 0.25) is 0 Å². The minimum Gasteiger partial charge on any atom is -0.463 e. The van der Waals surface area contributed by atoms with Crippen LogP contribution in [0.3, 0.4) is 0 Å². The number of hydrogen-bond acceptors (Lipinski definition) is 14. The zero-order chi connectivity index (χ0) is 68.1. The number of aliphatic hydroxyl groups excluding tert-OH is 2. The summed E-state index contributed by atoms with van der Waals surface area (Å²) in [6.45, 7) is 2.51. The number of carbonyl (C=O) groups excluding carboxylic acids is 3. The maximum Gasteiger partial charge on any atom is 0.472 e. The molecule has 4 N–H and O–H groups in total. The van der Waals surface area contributed by atoms with E-state index < -0.39 is 91.5 Å². The lowest BCUT2D eigenvalue weighted by atomic mass is 10.0. The highest BCUT2D eigenvalue weighted by molar-refractivity contribution is 7.47. The summed E-state index contributed by atoms with van der Waals surface area (Å²) in [5, 5.41) is 20.6. The van der Waals surface area contributed by atoms with Gasteiger partial charge < -0.3 is 34.2 Å². The minimum atomic E-state index is -4.92. The van der Waals surface area contributed by atoms with Gasteiger partial charge in [0, 0.05) is 19.3 Å². The Morgan fingerprint density at radius 3 is 0.946 bits per heavy atom. The van der Waals surface area contributed by atoms with Crippen molar-refractivity contribution in [3.05, 3.63) is 85.1 Å². The van der Waals surface area contributed by atoms with Gasteiger partial charge in [-0.15, -0.1) is 0 Å². The molecule has 16 nitrogen and oxygen atoms in total. The standard InChI is InChI=1S/C75H134O16P2/c1-4-7-10-13-16-19-22-24-26-27-28-29-30-31-32-33-34-35-36-37-38-39-40-41-43-45-47-49-52-55-58-61-73(78)85-64-70(76)65-87-92(81,82)88-66-71(77)67-89-93(83,84)90-69-72(91-75(80)63-60-57-54-51-46-21-18-15-12-9-6-3)68-86-74(79)62-59-56-53-50-48-44-42-25-23-20-17-14-11-8-5-2/h7,10,15-16,18-19,24-26,28-29,31-32,42,70-72,76-77H,4-6,8-9,11-14,17,20-23,27,30,33-41,43-69H2,1-3H3,(H,81,82)(H,83,84)/b10-7-,18-15-,19-16-,26-24-,29-28-,32-31-,42-25-. The van der Waals surface area contributed by atoms with Gasteiger partial charge >= 0.3 is 33.6 Å². The largest absolute Gasteiger partial charge is 0.472 e. The number of hydrogen-bond donors (Lipinski definition) is 4. The van der Waals surface area contributed by atoms with E-state index in [4.69, 9.17) is 32.3 Å². The molecule has 0 heterocycles. The number of allylic oxidation sites excluding steroid dienone is 14. The normalized spacial score (nSPS) is 14.6. The molecule has 0 spiro atoms. The Balaban J connectivity index is 4.35. The van der Waals surface area contributed by atoms with Gasteiger partial charge in [0.2, 0.25) is 0 Å². The molecule has 0 aliphatic heterocycles. The SMILES string of the molecule is CC/C=C\C/C=C\C/C=C\C/C=C\C/C=C\CCCCCCCCCCCCCCCCCC(=O)OCC(O)COP(=O)(O)OCC(O)COP(=O)(O)OCC(COC(=O)CCCCCCC/C=C\CCCCCCCC)OC(=O)CCCCCCC/C=C\CCCC. The van der Waals surface area contributed by atoms with Crippen LogP contribution in [0.25, 0.3) is 0 Å². The van der Waals surface area contributed by atoms with Gasteiger partial charge in [-0.2, -0.15) is 0 Å². The van der Waals surface area contributed by atoms with E-state index in [-0.39, 0.29) is 19.3 Å². The predicted molar refractivity (Wildman–Crippen MR) is 381 cm³/mol. The first-order valence-corrected chi connectivity index (χ1v) is 39.9. The van der Waals surface area contributed by atoms with Gasteiger partial charge in [0.15, 0.2) is 6.10 Å². The molecule has 0 aliphatic rings. The van der Waals surface area contributed by atoms with Gasteiger partial charge in [0.1, 0.15) is 25.4 Å². The summed E-state index contributed by atoms with van der Waals surface area (Å²) in [7, 11) is -9.77. The van der Waals surface area contributed by atoms with Crippen LogP contribution in [-0.2, 0) is 55.8 Å². The fraction of sp³-hybridized carbons (Fsp3) is 0.773. The van der Waals surface area contributed by atoms with Crippen LogP contribution in [0.4, 0.5) is 0 Å². The van der Waals surface area contributed by atoms with E-state index in [0.717, 1.165) is 128 Å². The van der Waals surface area contributed by atoms with Crippen molar-refractivity contribution in [2.75, 3.05) is 39.6 Å². The first-order chi connectivity index (χ1) is 45.2. The van der Waals surface area contributed by atoms with Gasteiger partial charge in [0.05, 0.1) is 26.4 Å². The quantitative estimate of drug-likeness (QED) is 0.0146. The van der Waals surface area contributed by atoms with E-state index in [0.29, 0.717) is 19.3 Å². The number of phosphoric acid groups is 2. The molecule has 5 atom stereocenters. The maximum absolute atomic E-state index is 12.9. The second-order valence-corrected chi connectivity index (χ2v) is 27.6. The number of unbranched alkanes of at least 4 members (excludes halogenated alkanes) is 33. The number of carbonyl (C=O) groups is 3. The summed E-state index contributed by atoms with van der Waals surface area (Å²) < 4.78 is 60.9. The number of ether oxygens (including phenoxy) is 3. The Labute approximate surface area is 565 Å². The lowest BCUT2D eigenvalue weighted by Gasteiger charge is -2.21. The van der Waals surface area contributed by atoms with Crippen molar-refractivity contribution in [2.24, 2.45) is 0 Å². The average Bonchev–Trinajstić information content (AvgIpc) is 2.38. The van der Waals surface area contributed by atoms with E-state index in [1.807, 2.05) is 0 Å². The third-order valence-electron chi connectivity index (χ3n) is 15.6. The second kappa shape index (κ2) is 68.7. The predicted octanol–water partition coefficient (Wildman–Crippen LogP) is 20.9. The van der Waals surface area contributed by atoms with E-state index >= 15 is 0 Å². The van der Waals surface area contributed by atoms with Crippen molar-refractivity contribution < 1.29 is 75.8 Å². The Bertz CT molecular complexity index is 2040. The van der Waals surface area contributed by atoms with E-state index in [1.165, 1.54) is 128 Å². The van der Waals surface area contributed by atoms with Gasteiger partial charge in [-0.05, 0) is 109 Å². The molecule has 540 valence electrons. The van der Waals surface area contributed by atoms with E-state index in [1.54, 1.807) is 0 Å². The highest BCUT2D eigenvalue weighted by Gasteiger charge is 2.29. The van der Waals surface area contributed by atoms with Crippen molar-refractivity contribution in [1.82, 2.24) is 0 Å². The lowest BCUT2D eigenvalue weighted by Crippen LogP contribution is -2.30. The fourth-order valence-electron chi connectivity index (χ4n) is 9.93. The Kier molecular flexibility index (Phi) is 66.2. The van der Waals surface area contributed by atoms with Crippen LogP contribution >= 0.6 is 15.6 Å². The molecule has 0 saturated heterocycles. The first kappa shape index (κ1) is 89.7. The number of esters is 3. The molecular weight excluding hydrogens is 1220 g/mol. The van der Waals surface area contributed by atoms with Crippen molar-refractivity contribution in [3.63, 3.8) is 0 Å². The molecule has 0 saturated carbocycles. The third-order valence-corrected chi connectivity index (χ3v) is 17.5. The lowest BCUT2D eigenvalue weighted by molar-refractivity contribution is -0.161. The summed E-state index contributed by atoms with van der Waals surface area (Å²) in [6, 6.07) is 0. The van der Waals surface area contributed by atoms with Crippen LogP contribution < -0.4 is 0 Å². The van der Waals surface area contributed by atoms with Gasteiger partial charge in [-0.25, -0.2) is 9.13 Å². The fourth-order valence-corrected chi connectivity index (χ4v) is 11.5. The Morgan fingerprint density at radius 2 is 0.581 bits per heavy atom. The molecule has 0 aromatic heterocycles. The maximum atomic E-state index is 12.9. The third kappa shape index (κ3) is 69.9. The smallest absolute Gasteiger partial charge is 0.463 e. The molecule has 0 aromatic rings. The molecule has 0 rings (SSSR count). The highest BCUT2D eigenvalue weighted by atomic mass is 31.2. The van der Waals surface area contributed by atoms with Crippen molar-refractivity contribution in [2.45, 2.75) is 334 Å². The zero-order valence-electron chi connectivity index (χ0n) is 58.7. The summed E-state index contributed by atoms with van der Waals surface area (Å²) in [5.74, 6) is -1.58. The highest BCUT2D eigenvalue weighted by Crippen LogP contribution is 2.45. The topological polar surface area (TPSA) is 231 Å². The van der Waals surface area contributed by atoms with Crippen molar-refractivity contribution >= 4 is 33.6 Å². The summed E-state index contributed by atoms with van der Waals surface area (Å²) >= 11 is 0. The van der Waals surface area contributed by atoms with Crippen LogP contribution in [0.5, 0.6) is 0 Å². The van der Waals surface area contributed by atoms with Gasteiger partial charge in [-0.1, -0.05) is 273 Å². The van der Waals surface area contributed by atoms with Crippen LogP contribution in [0.1, 0.15) is 316 Å². The number of phosphoric ester groups is 2. The Hall–Kier alpha value is -3.27. The molecule has 0 radical (unpaired) electrons. The first-order valence-electron chi connectivity index (χ1n) is 36.9. The van der Waals surface area contributed by atoms with Gasteiger partial charge in [0.25, 0.3) is 0 Å². The van der Waals surface area contributed by atoms with Crippen LogP contribution in [0.15, 0.2) is 85.1 Å². The van der Waals surface area contributed by atoms with Crippen molar-refractivity contribution in [3.8, 4) is 0 Å². The minimum absolute atomic E-state index is 0.0949. The summed E-state index contributed by atoms with van der Waals surface area (Å²) in [4.78, 5) is 58.3. The molecule has 0 amide bonds. The number of rotatable bonds is 70. The van der Waals surface area contributed by atoms with Gasteiger partial charge in [-0.3, -0.25) is 32.5 Å². The molecular formula is C75H134O16P2. The zero-order valence-corrected chi connectivity index (χ0v) is 60.5. The second-order valence-electron chi connectivity index (χ2n) is 24.7. The summed E-state index contributed by atoms with van der Waals surface area (Å²) in [6.07, 6.45) is 75.2. The summed E-state index contributed by atoms with van der Waals surface area (Å²) in [5.41, 5.74) is 0. The molecule has 0 aromatic carbocycles. The molecule has 0 bridgehead atoms. The Morgan fingerprint density at radius 1 is 0.312 bits per heavy atom. The molecule has 5 unspecified atom stereocenters. The average molecular weight is 1350 g/mol. The van der Waals surface area contributed by atoms with Crippen LogP contribution in [0, 0.1) is 0 Å².